The van der Waals surface area contributed by atoms with Gasteiger partial charge in [-0.15, -0.1) is 0 Å². The fourth-order valence-electron chi connectivity index (χ4n) is 6.31. The Kier molecular flexibility index (Phi) is 9.80. The second-order valence-corrected chi connectivity index (χ2v) is 11.9. The summed E-state index contributed by atoms with van der Waals surface area (Å²) in [5.74, 6) is -1.13. The number of carboxylic acid groups (broad SMARTS) is 1. The summed E-state index contributed by atoms with van der Waals surface area (Å²) in [6, 6.07) is 4.83. The Bertz CT molecular complexity index is 1400. The predicted octanol–water partition coefficient (Wildman–Crippen LogP) is 8.54. The molecule has 0 heterocycles. The molecule has 4 rings (SSSR count). The van der Waals surface area contributed by atoms with Gasteiger partial charge in [-0.1, -0.05) is 47.6 Å². The van der Waals surface area contributed by atoms with E-state index in [1.54, 1.807) is 19.1 Å². The fraction of sp³-hybridized carbons (Fsp3) is 0.400. The minimum Gasteiger partial charge on any atom is -0.507 e. The van der Waals surface area contributed by atoms with Crippen LogP contribution in [0, 0.1) is 25.7 Å². The highest BCUT2D eigenvalue weighted by atomic mass is 16.4. The van der Waals surface area contributed by atoms with Gasteiger partial charge in [0.2, 0.25) is 0 Å². The predicted molar refractivity (Wildman–Crippen MR) is 164 cm³/mol. The Morgan fingerprint density at radius 3 is 1.56 bits per heavy atom. The van der Waals surface area contributed by atoms with Crippen LogP contribution in [0.25, 0.3) is 0 Å². The van der Waals surface area contributed by atoms with E-state index in [1.807, 2.05) is 33.8 Å². The van der Waals surface area contributed by atoms with Gasteiger partial charge >= 0.3 is 5.97 Å². The van der Waals surface area contributed by atoms with Gasteiger partial charge in [-0.3, -0.25) is 0 Å². The van der Waals surface area contributed by atoms with Crippen LogP contribution in [-0.4, -0.2) is 31.5 Å². The Morgan fingerprint density at radius 2 is 1.15 bits per heavy atom. The van der Waals surface area contributed by atoms with Crippen LogP contribution in [0.2, 0.25) is 0 Å². The first-order valence-electron chi connectivity index (χ1n) is 14.1. The maximum absolute atomic E-state index is 11.4. The highest BCUT2D eigenvalue weighted by molar-refractivity contribution is 5.93. The zero-order valence-electron chi connectivity index (χ0n) is 25.1. The minimum absolute atomic E-state index is 0.0202. The average molecular weight is 561 g/mol. The van der Waals surface area contributed by atoms with Gasteiger partial charge < -0.3 is 25.5 Å². The Labute approximate surface area is 243 Å². The summed E-state index contributed by atoms with van der Waals surface area (Å²) in [6.07, 6.45) is 8.05. The standard InChI is InChI=1S/C18H22O4.C17H22O2/c1-9(2)12-6-5-10(3)7-13(12)16-14(19)8-11(4)15(17(16)20)18(21)22;1-10(2)13-6-5-11(3)7-14(13)17-15(18)8-12(4)9-16(17)19/h7-8,12-13,19-20H,1,5-6H2,2-4H3,(H,21,22);7-9,13-14,18-19H,1,5-6H2,2-4H3/t12-,13?;13-,14?/m00/s1. The van der Waals surface area contributed by atoms with E-state index in [4.69, 9.17) is 0 Å². The van der Waals surface area contributed by atoms with E-state index in [2.05, 4.69) is 26.2 Å². The van der Waals surface area contributed by atoms with Crippen molar-refractivity contribution < 1.29 is 30.3 Å². The number of benzene rings is 2. The number of rotatable bonds is 5. The third-order valence-electron chi connectivity index (χ3n) is 8.44. The summed E-state index contributed by atoms with van der Waals surface area (Å²) in [6.45, 7) is 19.5. The van der Waals surface area contributed by atoms with Crippen molar-refractivity contribution in [3.05, 3.63) is 93.6 Å². The first-order chi connectivity index (χ1) is 19.1. The SMILES string of the molecule is C=C(C)[C@@H]1CCC(C)=CC1c1c(O)cc(C)c(C(=O)O)c1O.C=C(C)[C@@H]1CCC(C)=CC1c1c(O)cc(C)cc1O. The molecule has 0 aromatic heterocycles. The second kappa shape index (κ2) is 12.7. The van der Waals surface area contributed by atoms with Gasteiger partial charge in [-0.25, -0.2) is 4.79 Å². The van der Waals surface area contributed by atoms with Crippen LogP contribution in [0.3, 0.4) is 0 Å². The molecule has 6 nitrogen and oxygen atoms in total. The van der Waals surface area contributed by atoms with Crippen molar-refractivity contribution in [2.75, 3.05) is 0 Å². The monoisotopic (exact) mass is 560 g/mol. The molecule has 0 aliphatic heterocycles. The molecule has 5 N–H and O–H groups in total. The van der Waals surface area contributed by atoms with E-state index in [1.165, 1.54) is 17.2 Å². The van der Waals surface area contributed by atoms with Crippen LogP contribution in [-0.2, 0) is 0 Å². The van der Waals surface area contributed by atoms with Crippen LogP contribution in [0.4, 0.5) is 0 Å². The van der Waals surface area contributed by atoms with Crippen molar-refractivity contribution in [1.82, 2.24) is 0 Å². The van der Waals surface area contributed by atoms with E-state index < -0.39 is 5.97 Å². The summed E-state index contributed by atoms with van der Waals surface area (Å²) in [4.78, 5) is 11.4. The largest absolute Gasteiger partial charge is 0.507 e. The van der Waals surface area contributed by atoms with Crippen molar-refractivity contribution in [2.24, 2.45) is 11.8 Å². The normalized spacial score (nSPS) is 22.1. The smallest absolute Gasteiger partial charge is 0.339 e. The Morgan fingerprint density at radius 1 is 0.732 bits per heavy atom. The van der Waals surface area contributed by atoms with Crippen LogP contribution in [0.5, 0.6) is 23.0 Å². The fourth-order valence-corrected chi connectivity index (χ4v) is 6.31. The highest BCUT2D eigenvalue weighted by Gasteiger charge is 2.33. The van der Waals surface area contributed by atoms with E-state index in [0.717, 1.165) is 42.4 Å². The number of hydrogen-bond donors (Lipinski definition) is 5. The lowest BCUT2D eigenvalue weighted by Crippen LogP contribution is -2.18. The number of aromatic hydroxyl groups is 4. The molecule has 0 fully saturated rings. The quantitative estimate of drug-likeness (QED) is 0.234. The molecule has 2 aliphatic carbocycles. The molecule has 0 bridgehead atoms. The minimum atomic E-state index is -1.19. The van der Waals surface area contributed by atoms with E-state index in [9.17, 15) is 30.3 Å². The molecule has 41 heavy (non-hydrogen) atoms. The summed E-state index contributed by atoms with van der Waals surface area (Å²) >= 11 is 0. The van der Waals surface area contributed by atoms with Crippen LogP contribution in [0.1, 0.15) is 97.8 Å². The number of carboxylic acids is 1. The summed E-state index contributed by atoms with van der Waals surface area (Å²) in [5, 5.41) is 50.5. The molecule has 2 aliphatic rings. The molecule has 2 aromatic carbocycles. The summed E-state index contributed by atoms with van der Waals surface area (Å²) in [7, 11) is 0. The van der Waals surface area contributed by atoms with Crippen molar-refractivity contribution >= 4 is 5.97 Å². The molecule has 0 radical (unpaired) electrons. The first kappa shape index (κ1) is 31.6. The number of hydrogen-bond acceptors (Lipinski definition) is 5. The van der Waals surface area contributed by atoms with Crippen LogP contribution in [0.15, 0.2) is 65.8 Å². The summed E-state index contributed by atoms with van der Waals surface area (Å²) in [5.41, 5.74) is 6.52. The third kappa shape index (κ3) is 6.87. The number of phenolic OH excluding ortho intramolecular Hbond substituents is 3. The lowest BCUT2D eigenvalue weighted by molar-refractivity contribution is 0.0692. The topological polar surface area (TPSA) is 118 Å². The zero-order valence-corrected chi connectivity index (χ0v) is 25.1. The molecule has 2 aromatic rings. The second-order valence-electron chi connectivity index (χ2n) is 11.9. The molecule has 4 atom stereocenters. The van der Waals surface area contributed by atoms with Gasteiger partial charge in [0.1, 0.15) is 28.6 Å². The molecule has 2 unspecified atom stereocenters. The van der Waals surface area contributed by atoms with Gasteiger partial charge in [0.05, 0.1) is 0 Å². The van der Waals surface area contributed by atoms with Gasteiger partial charge in [-0.05, 0) is 108 Å². The molecule has 220 valence electrons. The van der Waals surface area contributed by atoms with Crippen molar-refractivity contribution in [3.8, 4) is 23.0 Å². The molecular weight excluding hydrogens is 516 g/mol. The van der Waals surface area contributed by atoms with E-state index in [-0.39, 0.29) is 57.8 Å². The van der Waals surface area contributed by atoms with Gasteiger partial charge in [0.25, 0.3) is 0 Å². The lowest BCUT2D eigenvalue weighted by atomic mass is 9.73. The number of aromatic carboxylic acids is 1. The number of aryl methyl sites for hydroxylation is 2. The number of phenols is 4. The highest BCUT2D eigenvalue weighted by Crippen LogP contribution is 2.48. The molecular formula is C35H44O6. The van der Waals surface area contributed by atoms with Crippen molar-refractivity contribution in [2.45, 2.75) is 79.1 Å². The van der Waals surface area contributed by atoms with Crippen LogP contribution >= 0.6 is 0 Å². The molecule has 0 spiro atoms. The van der Waals surface area contributed by atoms with Gasteiger partial charge in [0.15, 0.2) is 0 Å². The van der Waals surface area contributed by atoms with Crippen molar-refractivity contribution in [3.63, 3.8) is 0 Å². The van der Waals surface area contributed by atoms with Crippen molar-refractivity contribution in [1.29, 1.82) is 0 Å². The van der Waals surface area contributed by atoms with E-state index >= 15 is 0 Å². The number of carbonyl (C=O) groups is 1. The van der Waals surface area contributed by atoms with Gasteiger partial charge in [0, 0.05) is 23.0 Å². The average Bonchev–Trinajstić information content (AvgIpc) is 2.83. The summed E-state index contributed by atoms with van der Waals surface area (Å²) < 4.78 is 0. The Hall–Kier alpha value is -3.93. The first-order valence-corrected chi connectivity index (χ1v) is 14.1. The molecule has 6 heteroatoms. The zero-order chi connectivity index (χ0) is 30.8. The van der Waals surface area contributed by atoms with Crippen LogP contribution < -0.4 is 0 Å². The number of allylic oxidation sites excluding steroid dienone is 6. The Balaban J connectivity index is 0.000000228. The maximum atomic E-state index is 11.4. The molecule has 0 saturated heterocycles. The molecule has 0 saturated carbocycles. The van der Waals surface area contributed by atoms with E-state index in [0.29, 0.717) is 11.1 Å². The maximum Gasteiger partial charge on any atom is 0.339 e. The van der Waals surface area contributed by atoms with Gasteiger partial charge in [-0.2, -0.15) is 0 Å². The molecule has 0 amide bonds. The lowest BCUT2D eigenvalue weighted by Gasteiger charge is -2.31. The third-order valence-corrected chi connectivity index (χ3v) is 8.44.